The molecule has 0 saturated carbocycles. The number of H-pyrrole nitrogens is 1. The van der Waals surface area contributed by atoms with Crippen LogP contribution >= 0.6 is 24.0 Å². The van der Waals surface area contributed by atoms with Gasteiger partial charge < -0.3 is 20.5 Å². The van der Waals surface area contributed by atoms with Crippen LogP contribution in [-0.4, -0.2) is 80.1 Å². The fraction of sp³-hybridized carbons (Fsp3) is 0.550. The molecule has 0 spiro atoms. The number of hydrogen-bond acceptors (Lipinski definition) is 3. The minimum Gasteiger partial charge on any atom is -0.361 e. The number of benzene rings is 1. The van der Waals surface area contributed by atoms with Gasteiger partial charge in [0.05, 0.1) is 0 Å². The van der Waals surface area contributed by atoms with Gasteiger partial charge in [0.1, 0.15) is 5.82 Å². The van der Waals surface area contributed by atoms with Crippen molar-refractivity contribution < 1.29 is 4.39 Å². The lowest BCUT2D eigenvalue weighted by Crippen LogP contribution is -2.49. The predicted octanol–water partition coefficient (Wildman–Crippen LogP) is 2.27. The fourth-order valence-corrected chi connectivity index (χ4v) is 3.56. The highest BCUT2D eigenvalue weighted by molar-refractivity contribution is 14.0. The van der Waals surface area contributed by atoms with E-state index in [2.05, 4.69) is 37.3 Å². The van der Waals surface area contributed by atoms with Gasteiger partial charge in [-0.1, -0.05) is 6.92 Å². The Kier molecular flexibility index (Phi) is 9.46. The lowest BCUT2D eigenvalue weighted by Gasteiger charge is -2.34. The van der Waals surface area contributed by atoms with E-state index >= 15 is 0 Å². The minimum atomic E-state index is -0.213. The largest absolute Gasteiger partial charge is 0.361 e. The molecule has 1 saturated heterocycles. The zero-order valence-corrected chi connectivity index (χ0v) is 19.1. The molecule has 6 nitrogen and oxygen atoms in total. The van der Waals surface area contributed by atoms with Crippen molar-refractivity contribution in [3.8, 4) is 0 Å². The molecule has 1 fully saturated rings. The Morgan fingerprint density at radius 1 is 1.14 bits per heavy atom. The van der Waals surface area contributed by atoms with Crippen LogP contribution in [0.1, 0.15) is 12.5 Å². The third-order valence-corrected chi connectivity index (χ3v) is 5.27. The van der Waals surface area contributed by atoms with Gasteiger partial charge in [0.2, 0.25) is 0 Å². The summed E-state index contributed by atoms with van der Waals surface area (Å²) in [4.78, 5) is 12.4. The molecule has 0 bridgehead atoms. The smallest absolute Gasteiger partial charge is 0.191 e. The third kappa shape index (κ3) is 6.31. The summed E-state index contributed by atoms with van der Waals surface area (Å²) < 4.78 is 13.3. The topological polar surface area (TPSA) is 58.7 Å². The number of fused-ring (bicyclic) bond motifs is 1. The van der Waals surface area contributed by atoms with Crippen LogP contribution in [-0.2, 0) is 6.42 Å². The van der Waals surface area contributed by atoms with E-state index in [1.165, 1.54) is 17.7 Å². The van der Waals surface area contributed by atoms with E-state index in [4.69, 9.17) is 0 Å². The fourth-order valence-electron chi connectivity index (χ4n) is 3.56. The minimum absolute atomic E-state index is 0. The number of aromatic nitrogens is 1. The molecule has 0 aliphatic carbocycles. The van der Waals surface area contributed by atoms with Crippen LogP contribution in [0.4, 0.5) is 4.39 Å². The van der Waals surface area contributed by atoms with E-state index < -0.39 is 0 Å². The Hall–Kier alpha value is -1.39. The van der Waals surface area contributed by atoms with Crippen molar-refractivity contribution >= 4 is 40.8 Å². The Morgan fingerprint density at radius 2 is 1.86 bits per heavy atom. The zero-order chi connectivity index (χ0) is 19.1. The molecule has 3 rings (SSSR count). The Bertz CT molecular complexity index is 754. The standard InChI is InChI=1S/C20H31FN6.HI/c1-3-26-10-12-27(13-11-26)9-8-24-20(22-2)23-7-6-16-15-25-19-14-17(21)4-5-18(16)19;/h4-5,14-15,25H,3,6-13H2,1-2H3,(H2,22,23,24);1H. The second kappa shape index (κ2) is 11.6. The first-order chi connectivity index (χ1) is 13.2. The van der Waals surface area contributed by atoms with Crippen LogP contribution in [0.3, 0.4) is 0 Å². The number of hydrogen-bond donors (Lipinski definition) is 3. The normalized spacial score (nSPS) is 16.2. The zero-order valence-electron chi connectivity index (χ0n) is 16.8. The Labute approximate surface area is 184 Å². The van der Waals surface area contributed by atoms with Crippen molar-refractivity contribution in [2.45, 2.75) is 13.3 Å². The molecule has 1 aliphatic rings. The number of nitrogens with zero attached hydrogens (tertiary/aromatic N) is 3. The molecule has 2 aromatic rings. The summed E-state index contributed by atoms with van der Waals surface area (Å²) in [7, 11) is 1.80. The Balaban J connectivity index is 0.00000280. The number of aromatic amines is 1. The van der Waals surface area contributed by atoms with Gasteiger partial charge in [-0.2, -0.15) is 0 Å². The number of piperazine rings is 1. The summed E-state index contributed by atoms with van der Waals surface area (Å²) in [6, 6.07) is 4.88. The van der Waals surface area contributed by atoms with Gasteiger partial charge in [-0.25, -0.2) is 4.39 Å². The second-order valence-electron chi connectivity index (χ2n) is 6.96. The summed E-state index contributed by atoms with van der Waals surface area (Å²) >= 11 is 0. The van der Waals surface area contributed by atoms with Gasteiger partial charge in [0, 0.05) is 70.0 Å². The summed E-state index contributed by atoms with van der Waals surface area (Å²) in [5.74, 6) is 0.614. The predicted molar refractivity (Wildman–Crippen MR) is 125 cm³/mol. The van der Waals surface area contributed by atoms with Crippen LogP contribution in [0.5, 0.6) is 0 Å². The maximum atomic E-state index is 13.3. The highest BCUT2D eigenvalue weighted by atomic mass is 127. The van der Waals surface area contributed by atoms with E-state index in [-0.39, 0.29) is 29.8 Å². The third-order valence-electron chi connectivity index (χ3n) is 5.27. The monoisotopic (exact) mass is 502 g/mol. The molecule has 1 aromatic carbocycles. The van der Waals surface area contributed by atoms with Crippen LogP contribution in [0.2, 0.25) is 0 Å². The summed E-state index contributed by atoms with van der Waals surface area (Å²) in [5.41, 5.74) is 2.03. The maximum absolute atomic E-state index is 13.3. The molecule has 3 N–H and O–H groups in total. The number of guanidine groups is 1. The molecule has 8 heteroatoms. The van der Waals surface area contributed by atoms with E-state index in [1.807, 2.05) is 12.3 Å². The average Bonchev–Trinajstić information content (AvgIpc) is 3.09. The van der Waals surface area contributed by atoms with Gasteiger partial charge in [0.25, 0.3) is 0 Å². The van der Waals surface area contributed by atoms with E-state index in [9.17, 15) is 4.39 Å². The molecule has 0 amide bonds. The second-order valence-corrected chi connectivity index (χ2v) is 6.96. The number of likely N-dealkylation sites (N-methyl/N-ethyl adjacent to an activating group) is 1. The number of nitrogens with one attached hydrogen (secondary N) is 3. The number of rotatable bonds is 7. The van der Waals surface area contributed by atoms with Crippen molar-refractivity contribution in [2.75, 3.05) is 59.4 Å². The number of aliphatic imine (C=N–C) groups is 1. The van der Waals surface area contributed by atoms with Crippen LogP contribution in [0.15, 0.2) is 29.4 Å². The molecule has 0 radical (unpaired) electrons. The summed E-state index contributed by atoms with van der Waals surface area (Å²) in [5, 5.41) is 7.83. The molecule has 0 atom stereocenters. The molecule has 2 heterocycles. The summed E-state index contributed by atoms with van der Waals surface area (Å²) in [6.07, 6.45) is 2.81. The van der Waals surface area contributed by atoms with E-state index in [1.54, 1.807) is 7.05 Å². The lowest BCUT2D eigenvalue weighted by molar-refractivity contribution is 0.139. The molecule has 28 heavy (non-hydrogen) atoms. The molecule has 1 aliphatic heterocycles. The first kappa shape index (κ1) is 22.9. The van der Waals surface area contributed by atoms with E-state index in [0.29, 0.717) is 0 Å². The highest BCUT2D eigenvalue weighted by Gasteiger charge is 2.14. The first-order valence-electron chi connectivity index (χ1n) is 9.84. The van der Waals surface area contributed by atoms with E-state index in [0.717, 1.165) is 75.6 Å². The molecule has 1 aromatic heterocycles. The SMILES string of the molecule is CCN1CCN(CCNC(=NC)NCCc2c[nH]c3cc(F)ccc23)CC1.I. The van der Waals surface area contributed by atoms with Crippen molar-refractivity contribution in [3.05, 3.63) is 35.8 Å². The van der Waals surface area contributed by atoms with Crippen LogP contribution in [0.25, 0.3) is 10.9 Å². The van der Waals surface area contributed by atoms with Crippen LogP contribution in [0, 0.1) is 5.82 Å². The van der Waals surface area contributed by atoms with Gasteiger partial charge >= 0.3 is 0 Å². The van der Waals surface area contributed by atoms with Crippen molar-refractivity contribution in [1.29, 1.82) is 0 Å². The molecule has 0 unspecified atom stereocenters. The highest BCUT2D eigenvalue weighted by Crippen LogP contribution is 2.19. The quantitative estimate of drug-likeness (QED) is 0.309. The van der Waals surface area contributed by atoms with Gasteiger partial charge in [0.15, 0.2) is 5.96 Å². The Morgan fingerprint density at radius 3 is 2.57 bits per heavy atom. The van der Waals surface area contributed by atoms with Crippen LogP contribution < -0.4 is 10.6 Å². The lowest BCUT2D eigenvalue weighted by atomic mass is 10.1. The maximum Gasteiger partial charge on any atom is 0.191 e. The average molecular weight is 502 g/mol. The number of halogens is 2. The van der Waals surface area contributed by atoms with Gasteiger partial charge in [-0.05, 0) is 36.7 Å². The van der Waals surface area contributed by atoms with Crippen molar-refractivity contribution in [3.63, 3.8) is 0 Å². The van der Waals surface area contributed by atoms with Gasteiger partial charge in [-0.15, -0.1) is 24.0 Å². The molecule has 156 valence electrons. The molecular weight excluding hydrogens is 470 g/mol. The first-order valence-corrected chi connectivity index (χ1v) is 9.84. The van der Waals surface area contributed by atoms with Crippen molar-refractivity contribution in [2.24, 2.45) is 4.99 Å². The molecular formula is C20H32FIN6. The van der Waals surface area contributed by atoms with Gasteiger partial charge in [-0.3, -0.25) is 9.89 Å². The summed E-state index contributed by atoms with van der Waals surface area (Å²) in [6.45, 7) is 10.7. The van der Waals surface area contributed by atoms with Crippen molar-refractivity contribution in [1.82, 2.24) is 25.4 Å².